The van der Waals surface area contributed by atoms with Crippen LogP contribution >= 0.6 is 0 Å². The second-order valence-electron chi connectivity index (χ2n) is 8.51. The maximum absolute atomic E-state index is 4.35. The number of hydrogen-bond donors (Lipinski definition) is 1. The zero-order chi connectivity index (χ0) is 16.6. The molecule has 0 aromatic carbocycles. The summed E-state index contributed by atoms with van der Waals surface area (Å²) in [4.78, 5) is 2.36. The average Bonchev–Trinajstić information content (AvgIpc) is 2.88. The molecule has 2 unspecified atom stereocenters. The van der Waals surface area contributed by atoms with Gasteiger partial charge in [-0.05, 0) is 35.6 Å². The molecule has 4 atom stereocenters. The molecule has 0 saturated heterocycles. The van der Waals surface area contributed by atoms with Crippen molar-refractivity contribution >= 4 is 0 Å². The highest BCUT2D eigenvalue weighted by Gasteiger charge is 2.59. The third-order valence-corrected chi connectivity index (χ3v) is 5.53. The molecule has 21 heavy (non-hydrogen) atoms. The Morgan fingerprint density at radius 3 is 2.29 bits per heavy atom. The van der Waals surface area contributed by atoms with Crippen LogP contribution in [0.2, 0.25) is 0 Å². The highest BCUT2D eigenvalue weighted by Crippen LogP contribution is 2.62. The summed E-state index contributed by atoms with van der Waals surface area (Å²) in [5, 5.41) is 3.42. The van der Waals surface area contributed by atoms with E-state index in [0.29, 0.717) is 17.4 Å². The van der Waals surface area contributed by atoms with Gasteiger partial charge < -0.3 is 10.2 Å². The van der Waals surface area contributed by atoms with Gasteiger partial charge in [0.2, 0.25) is 0 Å². The van der Waals surface area contributed by atoms with E-state index in [1.807, 2.05) is 7.05 Å². The van der Waals surface area contributed by atoms with Gasteiger partial charge in [-0.2, -0.15) is 0 Å². The molecule has 0 amide bonds. The highest BCUT2D eigenvalue weighted by atomic mass is 15.2. The quantitative estimate of drug-likeness (QED) is 0.709. The largest absolute Gasteiger partial charge is 0.377 e. The van der Waals surface area contributed by atoms with Gasteiger partial charge in [0.05, 0.1) is 6.04 Å². The van der Waals surface area contributed by atoms with Gasteiger partial charge in [0.15, 0.2) is 0 Å². The minimum absolute atomic E-state index is 0.174. The molecule has 1 rings (SSSR count). The number of likely N-dealkylation sites (N-methyl/N-ethyl adjacent to an activating group) is 2. The summed E-state index contributed by atoms with van der Waals surface area (Å²) in [6.07, 6.45) is 2.10. The topological polar surface area (TPSA) is 15.3 Å². The van der Waals surface area contributed by atoms with Gasteiger partial charge in [0.1, 0.15) is 0 Å². The molecule has 2 nitrogen and oxygen atoms in total. The Kier molecular flexibility index (Phi) is 5.36. The van der Waals surface area contributed by atoms with Crippen molar-refractivity contribution in [2.75, 3.05) is 20.6 Å². The lowest BCUT2D eigenvalue weighted by atomic mass is 9.84. The van der Waals surface area contributed by atoms with Gasteiger partial charge in [-0.3, -0.25) is 0 Å². The first-order valence-electron chi connectivity index (χ1n) is 8.18. The van der Waals surface area contributed by atoms with E-state index in [1.54, 1.807) is 0 Å². The Labute approximate surface area is 132 Å². The molecule has 0 heterocycles. The summed E-state index contributed by atoms with van der Waals surface area (Å²) < 4.78 is 0. The molecule has 1 aliphatic carbocycles. The van der Waals surface area contributed by atoms with Crippen molar-refractivity contribution in [3.8, 4) is 0 Å². The molecule has 1 saturated carbocycles. The van der Waals surface area contributed by atoms with E-state index in [-0.39, 0.29) is 5.41 Å². The monoisotopic (exact) mass is 292 g/mol. The van der Waals surface area contributed by atoms with E-state index in [0.717, 1.165) is 18.4 Å². The summed E-state index contributed by atoms with van der Waals surface area (Å²) in [7, 11) is 4.21. The first-order valence-corrected chi connectivity index (χ1v) is 8.18. The Morgan fingerprint density at radius 1 is 1.38 bits per heavy atom. The van der Waals surface area contributed by atoms with Gasteiger partial charge in [-0.1, -0.05) is 54.2 Å². The first-order chi connectivity index (χ1) is 9.48. The van der Waals surface area contributed by atoms with Crippen LogP contribution in [-0.2, 0) is 0 Å². The van der Waals surface area contributed by atoms with Gasteiger partial charge in [-0.15, -0.1) is 6.58 Å². The zero-order valence-corrected chi connectivity index (χ0v) is 15.5. The third kappa shape index (κ3) is 3.71. The second-order valence-corrected chi connectivity index (χ2v) is 8.51. The zero-order valence-electron chi connectivity index (χ0n) is 15.5. The molecule has 2 heteroatoms. The predicted molar refractivity (Wildman–Crippen MR) is 94.2 cm³/mol. The summed E-state index contributed by atoms with van der Waals surface area (Å²) in [5.41, 5.74) is 1.78. The van der Waals surface area contributed by atoms with E-state index in [1.165, 1.54) is 5.70 Å². The summed E-state index contributed by atoms with van der Waals surface area (Å²) >= 11 is 0. The van der Waals surface area contributed by atoms with Crippen LogP contribution in [-0.4, -0.2) is 31.6 Å². The van der Waals surface area contributed by atoms with E-state index in [9.17, 15) is 0 Å². The minimum Gasteiger partial charge on any atom is -0.377 e. The van der Waals surface area contributed by atoms with Crippen molar-refractivity contribution < 1.29 is 0 Å². The molecule has 122 valence electrons. The van der Waals surface area contributed by atoms with Crippen LogP contribution < -0.4 is 5.32 Å². The van der Waals surface area contributed by atoms with Crippen molar-refractivity contribution in [1.82, 2.24) is 10.2 Å². The Bertz CT molecular complexity index is 389. The average molecular weight is 293 g/mol. The molecular weight excluding hydrogens is 256 g/mol. The van der Waals surface area contributed by atoms with Gasteiger partial charge in [-0.25, -0.2) is 0 Å². The molecule has 0 aromatic rings. The Balaban J connectivity index is 2.72. The molecule has 0 aliphatic heterocycles. The summed E-state index contributed by atoms with van der Waals surface area (Å²) in [5.74, 6) is 2.06. The van der Waals surface area contributed by atoms with Gasteiger partial charge in [0, 0.05) is 19.3 Å². The van der Waals surface area contributed by atoms with Crippen LogP contribution in [0.1, 0.15) is 41.5 Å². The molecule has 1 aliphatic rings. The number of hydrogen-bond acceptors (Lipinski definition) is 2. The Morgan fingerprint density at radius 2 is 1.90 bits per heavy atom. The molecular formula is C19H36N2. The Hall–Kier alpha value is -0.760. The molecule has 0 spiro atoms. The smallest absolute Gasteiger partial charge is 0.0512 e. The van der Waals surface area contributed by atoms with Crippen molar-refractivity contribution in [3.63, 3.8) is 0 Å². The molecule has 1 fully saturated rings. The normalized spacial score (nSPS) is 26.9. The molecule has 0 aromatic heterocycles. The van der Waals surface area contributed by atoms with E-state index in [2.05, 4.69) is 78.0 Å². The van der Waals surface area contributed by atoms with Crippen LogP contribution in [0.5, 0.6) is 0 Å². The van der Waals surface area contributed by atoms with Crippen LogP contribution in [0.15, 0.2) is 24.9 Å². The predicted octanol–water partition coefficient (Wildman–Crippen LogP) is 4.16. The summed E-state index contributed by atoms with van der Waals surface area (Å²) in [6.45, 7) is 23.3. The number of rotatable bonds is 7. The lowest BCUT2D eigenvalue weighted by Crippen LogP contribution is -2.44. The maximum Gasteiger partial charge on any atom is 0.0512 e. The lowest BCUT2D eigenvalue weighted by molar-refractivity contribution is 0.248. The second kappa shape index (κ2) is 6.16. The number of nitrogens with one attached hydrogen (secondary N) is 1. The van der Waals surface area contributed by atoms with Crippen LogP contribution in [0, 0.1) is 28.6 Å². The number of nitrogens with zero attached hydrogens (tertiary/aromatic N) is 1. The van der Waals surface area contributed by atoms with Crippen molar-refractivity contribution in [2.24, 2.45) is 28.6 Å². The van der Waals surface area contributed by atoms with Crippen LogP contribution in [0.25, 0.3) is 0 Å². The van der Waals surface area contributed by atoms with Crippen LogP contribution in [0.4, 0.5) is 0 Å². The van der Waals surface area contributed by atoms with Crippen molar-refractivity contribution in [2.45, 2.75) is 47.6 Å². The van der Waals surface area contributed by atoms with Crippen molar-refractivity contribution in [1.29, 1.82) is 0 Å². The first kappa shape index (κ1) is 18.3. The standard InChI is InChI=1S/C19H36N2/c1-11-13(2)16-15(19(16,7)8)12-21(10)14(3)17(20-9)18(4,5)6/h11,13,15-17,20H,1,3,12H2,2,4-10H3/t13?,15-,16+,17?/m0/s1. The van der Waals surface area contributed by atoms with Crippen molar-refractivity contribution in [3.05, 3.63) is 24.9 Å². The van der Waals surface area contributed by atoms with Crippen LogP contribution in [0.3, 0.4) is 0 Å². The van der Waals surface area contributed by atoms with E-state index >= 15 is 0 Å². The SMILES string of the molecule is C=CC(C)[C@@H]1[C@H](CN(C)C(=C)C(NC)C(C)(C)C)C1(C)C. The fourth-order valence-electron chi connectivity index (χ4n) is 4.06. The van der Waals surface area contributed by atoms with Gasteiger partial charge in [0.25, 0.3) is 0 Å². The molecule has 0 bridgehead atoms. The lowest BCUT2D eigenvalue weighted by Gasteiger charge is -2.37. The maximum atomic E-state index is 4.35. The van der Waals surface area contributed by atoms with E-state index in [4.69, 9.17) is 0 Å². The van der Waals surface area contributed by atoms with Gasteiger partial charge >= 0.3 is 0 Å². The fraction of sp³-hybridized carbons (Fsp3) is 0.789. The summed E-state index contributed by atoms with van der Waals surface area (Å²) in [6, 6.07) is 0.305. The molecule has 0 radical (unpaired) electrons. The number of allylic oxidation sites excluding steroid dienone is 1. The molecule has 1 N–H and O–H groups in total. The fourth-order valence-corrected chi connectivity index (χ4v) is 4.06. The highest BCUT2D eigenvalue weighted by molar-refractivity contribution is 5.14. The third-order valence-electron chi connectivity index (χ3n) is 5.53. The van der Waals surface area contributed by atoms with E-state index < -0.39 is 0 Å². The minimum atomic E-state index is 0.174.